The van der Waals surface area contributed by atoms with Crippen molar-refractivity contribution in [3.05, 3.63) is 46.6 Å². The van der Waals surface area contributed by atoms with E-state index in [1.807, 2.05) is 0 Å². The summed E-state index contributed by atoms with van der Waals surface area (Å²) in [5.41, 5.74) is -0.696. The van der Waals surface area contributed by atoms with Crippen LogP contribution in [0.4, 0.5) is 0 Å². The summed E-state index contributed by atoms with van der Waals surface area (Å²) < 4.78 is 28.8. The molecule has 39 heavy (non-hydrogen) atoms. The van der Waals surface area contributed by atoms with Crippen LogP contribution in [0.25, 0.3) is 22.3 Å². The molecular formula is C27H28O12. The van der Waals surface area contributed by atoms with E-state index in [2.05, 4.69) is 0 Å². The van der Waals surface area contributed by atoms with Gasteiger partial charge >= 0.3 is 0 Å². The number of rotatable bonds is 9. The number of aliphatic hydroxyl groups excluding tert-OH is 1. The minimum absolute atomic E-state index is 0.0541. The topological polar surface area (TPSA) is 182 Å². The van der Waals surface area contributed by atoms with Gasteiger partial charge in [-0.2, -0.15) is 0 Å². The molecule has 0 amide bonds. The standard InChI is InChI=1S/C27H28O12/c1-12(28)10-35-23-14(3)37-27(22(34)25(23)36-11-13(2)29)39-26-21(33)20-18(32)8-17(31)9-19(20)38-24(26)15-4-6-16(30)7-5-15/h4-9,14,22-23,25,27,30-32,34H,10-11H2,1-3H3/t14-,22+,23-,25-,27-/m0/s1. The fourth-order valence-electron chi connectivity index (χ4n) is 4.23. The van der Waals surface area contributed by atoms with Gasteiger partial charge in [-0.25, -0.2) is 0 Å². The molecule has 0 unspecified atom stereocenters. The second-order valence-corrected chi connectivity index (χ2v) is 9.25. The molecular weight excluding hydrogens is 516 g/mol. The Morgan fingerprint density at radius 3 is 2.15 bits per heavy atom. The number of phenolic OH excluding ortho intramolecular Hbond substituents is 3. The first kappa shape index (κ1) is 28.0. The van der Waals surface area contributed by atoms with Crippen molar-refractivity contribution in [2.45, 2.75) is 51.5 Å². The molecule has 1 saturated heterocycles. The van der Waals surface area contributed by atoms with Gasteiger partial charge in [-0.1, -0.05) is 0 Å². The largest absolute Gasteiger partial charge is 0.508 e. The molecule has 3 aromatic rings. The van der Waals surface area contributed by atoms with E-state index in [1.165, 1.54) is 38.1 Å². The molecule has 12 nitrogen and oxygen atoms in total. The van der Waals surface area contributed by atoms with Crippen LogP contribution >= 0.6 is 0 Å². The van der Waals surface area contributed by atoms with Gasteiger partial charge in [0.1, 0.15) is 59.7 Å². The van der Waals surface area contributed by atoms with Crippen LogP contribution < -0.4 is 10.2 Å². The second-order valence-electron chi connectivity index (χ2n) is 9.25. The third-order valence-corrected chi connectivity index (χ3v) is 5.99. The number of hydrogen-bond donors (Lipinski definition) is 4. The van der Waals surface area contributed by atoms with E-state index in [0.717, 1.165) is 12.1 Å². The van der Waals surface area contributed by atoms with Crippen molar-refractivity contribution in [3.8, 4) is 34.3 Å². The van der Waals surface area contributed by atoms with Gasteiger partial charge in [0.2, 0.25) is 17.5 Å². The molecule has 1 aromatic heterocycles. The Bertz CT molecular complexity index is 1430. The van der Waals surface area contributed by atoms with Gasteiger partial charge in [0.15, 0.2) is 17.3 Å². The van der Waals surface area contributed by atoms with Crippen LogP contribution in [0.3, 0.4) is 0 Å². The summed E-state index contributed by atoms with van der Waals surface area (Å²) in [6, 6.07) is 7.68. The summed E-state index contributed by atoms with van der Waals surface area (Å²) in [6.07, 6.45) is -6.11. The van der Waals surface area contributed by atoms with E-state index in [1.54, 1.807) is 6.92 Å². The second kappa shape index (κ2) is 11.4. The fourth-order valence-corrected chi connectivity index (χ4v) is 4.23. The van der Waals surface area contributed by atoms with Gasteiger partial charge in [-0.05, 0) is 45.0 Å². The van der Waals surface area contributed by atoms with Gasteiger partial charge in [-0.15, -0.1) is 0 Å². The lowest BCUT2D eigenvalue weighted by Gasteiger charge is -2.42. The number of carbonyl (C=O) groups excluding carboxylic acids is 2. The normalized spacial score (nSPS) is 23.0. The van der Waals surface area contributed by atoms with Crippen molar-refractivity contribution in [3.63, 3.8) is 0 Å². The molecule has 0 saturated carbocycles. The van der Waals surface area contributed by atoms with Gasteiger partial charge in [0.05, 0.1) is 6.10 Å². The molecule has 12 heteroatoms. The molecule has 1 aliphatic rings. The Balaban J connectivity index is 1.78. The van der Waals surface area contributed by atoms with Crippen LogP contribution in [-0.4, -0.2) is 75.9 Å². The quantitative estimate of drug-likeness (QED) is 0.308. The number of phenols is 3. The van der Waals surface area contributed by atoms with E-state index in [4.69, 9.17) is 23.4 Å². The van der Waals surface area contributed by atoms with Gasteiger partial charge in [0.25, 0.3) is 0 Å². The predicted octanol–water partition coefficient (Wildman–Crippen LogP) is 2.01. The van der Waals surface area contributed by atoms with Crippen LogP contribution in [-0.2, 0) is 23.8 Å². The Kier molecular flexibility index (Phi) is 8.21. The number of fused-ring (bicyclic) bond motifs is 1. The molecule has 2 aromatic carbocycles. The molecule has 0 spiro atoms. The fraction of sp³-hybridized carbons (Fsp3) is 0.370. The number of carbonyl (C=O) groups is 2. The first-order chi connectivity index (χ1) is 18.5. The maximum Gasteiger partial charge on any atom is 0.239 e. The summed E-state index contributed by atoms with van der Waals surface area (Å²) >= 11 is 0. The Morgan fingerprint density at radius 2 is 1.54 bits per heavy atom. The number of aliphatic hydroxyl groups is 1. The highest BCUT2D eigenvalue weighted by molar-refractivity contribution is 5.88. The number of benzene rings is 2. The average molecular weight is 545 g/mol. The average Bonchev–Trinajstić information content (AvgIpc) is 2.85. The molecule has 2 heterocycles. The zero-order valence-corrected chi connectivity index (χ0v) is 21.3. The molecule has 0 radical (unpaired) electrons. The summed E-state index contributed by atoms with van der Waals surface area (Å²) in [6.45, 7) is 3.54. The molecule has 4 N–H and O–H groups in total. The van der Waals surface area contributed by atoms with E-state index < -0.39 is 47.6 Å². The highest BCUT2D eigenvalue weighted by atomic mass is 16.7. The summed E-state index contributed by atoms with van der Waals surface area (Å²) in [5.74, 6) is -2.17. The molecule has 1 aliphatic heterocycles. The third kappa shape index (κ3) is 6.04. The van der Waals surface area contributed by atoms with E-state index in [-0.39, 0.29) is 58.6 Å². The number of Topliss-reactive ketones (excluding diaryl/α,β-unsaturated/α-hetero) is 2. The third-order valence-electron chi connectivity index (χ3n) is 5.99. The van der Waals surface area contributed by atoms with Gasteiger partial charge in [-0.3, -0.25) is 14.4 Å². The lowest BCUT2D eigenvalue weighted by atomic mass is 9.99. The maximum atomic E-state index is 13.6. The van der Waals surface area contributed by atoms with Crippen LogP contribution in [0.1, 0.15) is 20.8 Å². The van der Waals surface area contributed by atoms with Crippen molar-refractivity contribution in [1.29, 1.82) is 0 Å². The molecule has 5 atom stereocenters. The van der Waals surface area contributed by atoms with Crippen molar-refractivity contribution in [2.75, 3.05) is 13.2 Å². The molecule has 0 aliphatic carbocycles. The Labute approximate surface area is 221 Å². The molecule has 1 fully saturated rings. The minimum atomic E-state index is -1.60. The number of hydrogen-bond acceptors (Lipinski definition) is 12. The van der Waals surface area contributed by atoms with Crippen LogP contribution in [0.15, 0.2) is 45.6 Å². The lowest BCUT2D eigenvalue weighted by molar-refractivity contribution is -0.283. The number of ether oxygens (including phenoxy) is 4. The molecule has 208 valence electrons. The van der Waals surface area contributed by atoms with E-state index in [0.29, 0.717) is 0 Å². The molecule has 0 bridgehead atoms. The Morgan fingerprint density at radius 1 is 0.923 bits per heavy atom. The lowest BCUT2D eigenvalue weighted by Crippen LogP contribution is -2.60. The zero-order chi connectivity index (χ0) is 28.4. The maximum absolute atomic E-state index is 13.6. The predicted molar refractivity (Wildman–Crippen MR) is 135 cm³/mol. The van der Waals surface area contributed by atoms with Crippen molar-refractivity contribution < 1.29 is 53.4 Å². The number of aromatic hydroxyl groups is 3. The number of ketones is 2. The molecule has 4 rings (SSSR count). The highest BCUT2D eigenvalue weighted by Gasteiger charge is 2.47. The summed E-state index contributed by atoms with van der Waals surface area (Å²) in [5, 5.41) is 40.8. The van der Waals surface area contributed by atoms with Crippen LogP contribution in [0.2, 0.25) is 0 Å². The monoisotopic (exact) mass is 544 g/mol. The SMILES string of the molecule is CC(=O)CO[C@@H]1[C@@H](OCC(C)=O)[C@@H](O)[C@H](Oc2c(-c3ccc(O)cc3)oc3cc(O)cc(O)c3c2=O)O[C@H]1C. The van der Waals surface area contributed by atoms with Crippen molar-refractivity contribution in [2.24, 2.45) is 0 Å². The van der Waals surface area contributed by atoms with Crippen molar-refractivity contribution >= 4 is 22.5 Å². The summed E-state index contributed by atoms with van der Waals surface area (Å²) in [7, 11) is 0. The zero-order valence-electron chi connectivity index (χ0n) is 21.3. The smallest absolute Gasteiger partial charge is 0.239 e. The first-order valence-corrected chi connectivity index (χ1v) is 12.0. The van der Waals surface area contributed by atoms with E-state index >= 15 is 0 Å². The van der Waals surface area contributed by atoms with Crippen LogP contribution in [0.5, 0.6) is 23.0 Å². The minimum Gasteiger partial charge on any atom is -0.508 e. The van der Waals surface area contributed by atoms with Gasteiger partial charge in [0, 0.05) is 17.7 Å². The Hall–Kier alpha value is -3.97. The first-order valence-electron chi connectivity index (χ1n) is 12.0. The van der Waals surface area contributed by atoms with Gasteiger partial charge < -0.3 is 43.8 Å². The summed E-state index contributed by atoms with van der Waals surface area (Å²) in [4.78, 5) is 36.7. The van der Waals surface area contributed by atoms with Crippen LogP contribution in [0, 0.1) is 0 Å². The van der Waals surface area contributed by atoms with Crippen molar-refractivity contribution in [1.82, 2.24) is 0 Å². The highest BCUT2D eigenvalue weighted by Crippen LogP contribution is 2.37. The van der Waals surface area contributed by atoms with E-state index in [9.17, 15) is 34.8 Å².